The first-order valence-corrected chi connectivity index (χ1v) is 15.9. The predicted octanol–water partition coefficient (Wildman–Crippen LogP) is 5.19. The van der Waals surface area contributed by atoms with Gasteiger partial charge in [0, 0.05) is 19.0 Å². The minimum Gasteiger partial charge on any atom is -0.206 e. The van der Waals surface area contributed by atoms with Gasteiger partial charge in [-0.15, -0.1) is 11.3 Å². The van der Waals surface area contributed by atoms with Crippen LogP contribution in [0.15, 0.2) is 62.5 Å². The highest BCUT2D eigenvalue weighted by atomic mass is 35.5. The van der Waals surface area contributed by atoms with Crippen LogP contribution in [0.3, 0.4) is 0 Å². The van der Waals surface area contributed by atoms with Gasteiger partial charge in [-0.05, 0) is 48.5 Å². The molecule has 3 rings (SSSR count). The molecule has 0 atom stereocenters. The van der Waals surface area contributed by atoms with Gasteiger partial charge in [-0.25, -0.2) is 29.6 Å². The molecule has 0 amide bonds. The summed E-state index contributed by atoms with van der Waals surface area (Å²) in [6.07, 6.45) is 0. The van der Waals surface area contributed by atoms with Crippen molar-refractivity contribution in [1.82, 2.24) is 8.02 Å². The van der Waals surface area contributed by atoms with Crippen molar-refractivity contribution < 1.29 is 25.3 Å². The molecule has 190 valence electrons. The fourth-order valence-corrected chi connectivity index (χ4v) is 9.75. The van der Waals surface area contributed by atoms with E-state index in [2.05, 4.69) is 0 Å². The van der Waals surface area contributed by atoms with Crippen LogP contribution in [0.4, 0.5) is 0 Å². The van der Waals surface area contributed by atoms with Crippen molar-refractivity contribution in [3.8, 4) is 0 Å². The number of benzene rings is 2. The largest absolute Gasteiger partial charge is 0.256 e. The summed E-state index contributed by atoms with van der Waals surface area (Å²) in [7, 11) is -10.6. The molecule has 8 nitrogen and oxygen atoms in total. The van der Waals surface area contributed by atoms with Gasteiger partial charge in [-0.1, -0.05) is 50.1 Å². The lowest BCUT2D eigenvalue weighted by molar-refractivity contribution is 0.496. The SMILES string of the molecule is CN(C)S(=O)(=O)c1ccc(CN(S(=O)(=O)c2ccc(Cl)c(Cl)c2)S(=O)(=O)c2ccc(Cl)c(Cl)c2)s1. The number of hydrogen-bond donors (Lipinski definition) is 0. The Morgan fingerprint density at radius 1 is 0.657 bits per heavy atom. The maximum absolute atomic E-state index is 13.5. The number of thiophene rings is 1. The molecular weight excluding hydrogens is 622 g/mol. The van der Waals surface area contributed by atoms with Gasteiger partial charge in [0.2, 0.25) is 0 Å². The van der Waals surface area contributed by atoms with Crippen LogP contribution in [0, 0.1) is 0 Å². The molecule has 0 unspecified atom stereocenters. The third kappa shape index (κ3) is 5.82. The fraction of sp³-hybridized carbons (Fsp3) is 0.158. The average molecular weight is 638 g/mol. The summed E-state index contributed by atoms with van der Waals surface area (Å²) in [6, 6.07) is 9.30. The van der Waals surface area contributed by atoms with E-state index in [4.69, 9.17) is 46.4 Å². The molecule has 0 radical (unpaired) electrons. The van der Waals surface area contributed by atoms with Gasteiger partial charge in [0.1, 0.15) is 4.21 Å². The van der Waals surface area contributed by atoms with Gasteiger partial charge in [0.15, 0.2) is 0 Å². The zero-order valence-electron chi connectivity index (χ0n) is 17.8. The van der Waals surface area contributed by atoms with E-state index < -0.39 is 46.4 Å². The maximum Gasteiger partial charge on any atom is 0.256 e. The molecule has 0 aliphatic carbocycles. The standard InChI is InChI=1S/C19H16Cl4N2O6S4/c1-24(2)35(30,31)19-8-3-12(32-19)11-25(33(26,27)13-4-6-15(20)17(22)9-13)34(28,29)14-5-7-16(21)18(23)10-14/h3-10H,11H2,1-2H3. The van der Waals surface area contributed by atoms with E-state index in [1.807, 2.05) is 0 Å². The molecule has 0 spiro atoms. The van der Waals surface area contributed by atoms with E-state index in [0.717, 1.165) is 39.9 Å². The Bertz CT molecular complexity index is 1520. The number of sulfonamides is 3. The van der Waals surface area contributed by atoms with Crippen molar-refractivity contribution >= 4 is 87.8 Å². The van der Waals surface area contributed by atoms with E-state index >= 15 is 0 Å². The lowest BCUT2D eigenvalue weighted by atomic mass is 10.4. The van der Waals surface area contributed by atoms with Crippen molar-refractivity contribution in [2.24, 2.45) is 0 Å². The molecule has 16 heteroatoms. The number of hydrogen-bond acceptors (Lipinski definition) is 7. The predicted molar refractivity (Wildman–Crippen MR) is 138 cm³/mol. The van der Waals surface area contributed by atoms with E-state index in [9.17, 15) is 25.3 Å². The second-order valence-electron chi connectivity index (χ2n) is 7.10. The topological polar surface area (TPSA) is 109 Å². The Kier molecular flexibility index (Phi) is 8.54. The van der Waals surface area contributed by atoms with Gasteiger partial charge >= 0.3 is 0 Å². The third-order valence-electron chi connectivity index (χ3n) is 4.57. The molecule has 0 aliphatic heterocycles. The second kappa shape index (κ2) is 10.4. The molecule has 2 aromatic carbocycles. The summed E-state index contributed by atoms with van der Waals surface area (Å²) < 4.78 is 80.2. The molecule has 35 heavy (non-hydrogen) atoms. The first-order chi connectivity index (χ1) is 16.1. The van der Waals surface area contributed by atoms with E-state index in [-0.39, 0.29) is 32.9 Å². The van der Waals surface area contributed by atoms with Crippen LogP contribution in [0.5, 0.6) is 0 Å². The van der Waals surface area contributed by atoms with Gasteiger partial charge < -0.3 is 0 Å². The Morgan fingerprint density at radius 2 is 1.11 bits per heavy atom. The Balaban J connectivity index is 2.18. The van der Waals surface area contributed by atoms with Gasteiger partial charge in [-0.3, -0.25) is 0 Å². The monoisotopic (exact) mass is 636 g/mol. The van der Waals surface area contributed by atoms with E-state index in [0.29, 0.717) is 0 Å². The van der Waals surface area contributed by atoms with Crippen LogP contribution in [0.25, 0.3) is 0 Å². The minimum absolute atomic E-state index is 0.0706. The molecular formula is C19H16Cl4N2O6S4. The van der Waals surface area contributed by atoms with Gasteiger partial charge in [-0.2, -0.15) is 0 Å². The van der Waals surface area contributed by atoms with E-state index in [1.54, 1.807) is 0 Å². The Hall–Kier alpha value is -0.930. The summed E-state index contributed by atoms with van der Waals surface area (Å²) >= 11 is 24.4. The Morgan fingerprint density at radius 3 is 1.51 bits per heavy atom. The third-order valence-corrected chi connectivity index (χ3v) is 13.6. The zero-order valence-corrected chi connectivity index (χ0v) is 24.1. The minimum atomic E-state index is -4.74. The fourth-order valence-electron chi connectivity index (χ4n) is 2.70. The zero-order chi connectivity index (χ0) is 26.3. The van der Waals surface area contributed by atoms with Crippen LogP contribution in [0.2, 0.25) is 20.1 Å². The second-order valence-corrected chi connectivity index (χ2v) is 16.2. The molecule has 0 fully saturated rings. The molecule has 0 aliphatic rings. The number of nitrogens with zero attached hydrogens (tertiary/aromatic N) is 2. The highest BCUT2D eigenvalue weighted by Gasteiger charge is 2.38. The van der Waals surface area contributed by atoms with Crippen molar-refractivity contribution in [3.05, 3.63) is 73.5 Å². The summed E-state index contributed by atoms with van der Waals surface area (Å²) in [5.74, 6) is 0. The molecule has 0 bridgehead atoms. The smallest absolute Gasteiger partial charge is 0.206 e. The summed E-state index contributed by atoms with van der Waals surface area (Å²) in [4.78, 5) is -0.723. The van der Waals surface area contributed by atoms with Crippen LogP contribution >= 0.6 is 57.7 Å². The van der Waals surface area contributed by atoms with Crippen LogP contribution < -0.4 is 0 Å². The first kappa shape index (κ1) is 28.6. The van der Waals surface area contributed by atoms with Crippen molar-refractivity contribution in [3.63, 3.8) is 0 Å². The van der Waals surface area contributed by atoms with Crippen molar-refractivity contribution in [1.29, 1.82) is 0 Å². The van der Waals surface area contributed by atoms with Crippen molar-refractivity contribution in [2.45, 2.75) is 20.5 Å². The quantitative estimate of drug-likeness (QED) is 0.336. The van der Waals surface area contributed by atoms with Crippen molar-refractivity contribution in [2.75, 3.05) is 14.1 Å². The van der Waals surface area contributed by atoms with Gasteiger partial charge in [0.05, 0.1) is 36.4 Å². The summed E-state index contributed by atoms with van der Waals surface area (Å²) in [5, 5.41) is -0.0622. The number of rotatable bonds is 8. The first-order valence-electron chi connectivity index (χ1n) is 9.28. The lowest BCUT2D eigenvalue weighted by Crippen LogP contribution is -2.36. The van der Waals surface area contributed by atoms with Crippen LogP contribution in [0.1, 0.15) is 4.88 Å². The lowest BCUT2D eigenvalue weighted by Gasteiger charge is -2.22. The van der Waals surface area contributed by atoms with Crippen LogP contribution in [-0.4, -0.2) is 47.4 Å². The molecule has 1 aromatic heterocycles. The number of halogens is 4. The molecule has 0 N–H and O–H groups in total. The summed E-state index contributed by atoms with van der Waals surface area (Å²) in [6.45, 7) is -0.696. The molecule has 1 heterocycles. The van der Waals surface area contributed by atoms with Gasteiger partial charge in [0.25, 0.3) is 30.1 Å². The van der Waals surface area contributed by atoms with E-state index in [1.165, 1.54) is 38.4 Å². The summed E-state index contributed by atoms with van der Waals surface area (Å²) in [5.41, 5.74) is 0. The molecule has 3 aromatic rings. The average Bonchev–Trinajstić information content (AvgIpc) is 3.25. The highest BCUT2D eigenvalue weighted by Crippen LogP contribution is 2.34. The normalized spacial score (nSPS) is 13.0. The highest BCUT2D eigenvalue weighted by molar-refractivity contribution is 8.04. The maximum atomic E-state index is 13.5. The molecule has 0 saturated heterocycles. The molecule has 0 saturated carbocycles. The van der Waals surface area contributed by atoms with Crippen LogP contribution in [-0.2, 0) is 36.6 Å². The Labute approximate surface area is 227 Å².